The summed E-state index contributed by atoms with van der Waals surface area (Å²) in [5.41, 5.74) is 1.76. The maximum atomic E-state index is 11.3. The molecule has 1 unspecified atom stereocenters. The Bertz CT molecular complexity index is 260. The van der Waals surface area contributed by atoms with Crippen molar-refractivity contribution < 1.29 is 19.4 Å². The summed E-state index contributed by atoms with van der Waals surface area (Å²) < 4.78 is 5.00. The minimum absolute atomic E-state index is 0.391. The molecule has 94 valence electrons. The zero-order chi connectivity index (χ0) is 12.9. The second-order valence-corrected chi connectivity index (χ2v) is 4.49. The number of nitrogens with one attached hydrogen (secondary N) is 1. The highest BCUT2D eigenvalue weighted by molar-refractivity contribution is 5.74. The van der Waals surface area contributed by atoms with E-state index in [9.17, 15) is 9.59 Å². The van der Waals surface area contributed by atoms with Crippen molar-refractivity contribution in [3.05, 3.63) is 0 Å². The van der Waals surface area contributed by atoms with Crippen LogP contribution in [0.3, 0.4) is 0 Å². The van der Waals surface area contributed by atoms with Crippen LogP contribution in [0.2, 0.25) is 0 Å². The number of nitrogens with zero attached hydrogens (tertiary/aromatic N) is 1. The van der Waals surface area contributed by atoms with Crippen LogP contribution in [0.15, 0.2) is 0 Å². The van der Waals surface area contributed by atoms with Crippen molar-refractivity contribution >= 4 is 12.1 Å². The van der Waals surface area contributed by atoms with Gasteiger partial charge in [0.15, 0.2) is 0 Å². The van der Waals surface area contributed by atoms with Gasteiger partial charge in [-0.3, -0.25) is 10.2 Å². The van der Waals surface area contributed by atoms with Gasteiger partial charge in [0.2, 0.25) is 0 Å². The van der Waals surface area contributed by atoms with E-state index in [0.717, 1.165) is 0 Å². The molecule has 0 rings (SSSR count). The van der Waals surface area contributed by atoms with Gasteiger partial charge >= 0.3 is 12.1 Å². The molecule has 0 aromatic carbocycles. The molecule has 0 aliphatic rings. The summed E-state index contributed by atoms with van der Waals surface area (Å²) in [5, 5.41) is 10.1. The molecular formula is C10H20N2O4. The molecule has 2 N–H and O–H groups in total. The van der Waals surface area contributed by atoms with E-state index in [1.54, 1.807) is 27.7 Å². The third kappa shape index (κ3) is 5.55. The fourth-order valence-electron chi connectivity index (χ4n) is 1.14. The first-order valence-corrected chi connectivity index (χ1v) is 5.12. The van der Waals surface area contributed by atoms with E-state index in [1.165, 1.54) is 12.1 Å². The Morgan fingerprint density at radius 1 is 1.44 bits per heavy atom. The van der Waals surface area contributed by atoms with Gasteiger partial charge < -0.3 is 9.84 Å². The van der Waals surface area contributed by atoms with Crippen molar-refractivity contribution in [2.45, 2.75) is 45.8 Å². The lowest BCUT2D eigenvalue weighted by molar-refractivity contribution is -0.143. The van der Waals surface area contributed by atoms with Gasteiger partial charge in [-0.05, 0) is 27.2 Å². The zero-order valence-corrected chi connectivity index (χ0v) is 10.4. The number of carbonyl (C=O) groups excluding carboxylic acids is 1. The van der Waals surface area contributed by atoms with E-state index in [-0.39, 0.29) is 0 Å². The number of ether oxygens (including phenoxy) is 1. The summed E-state index contributed by atoms with van der Waals surface area (Å²) in [6.45, 7) is 6.94. The maximum absolute atomic E-state index is 11.3. The van der Waals surface area contributed by atoms with Crippen LogP contribution in [0.1, 0.15) is 34.1 Å². The fraction of sp³-hybridized carbons (Fsp3) is 0.800. The van der Waals surface area contributed by atoms with Crippen LogP contribution in [0.25, 0.3) is 0 Å². The number of likely N-dealkylation sites (N-methyl/N-ethyl adjacent to an activating group) is 1. The summed E-state index contributed by atoms with van der Waals surface area (Å²) >= 11 is 0. The fourth-order valence-corrected chi connectivity index (χ4v) is 1.14. The van der Waals surface area contributed by atoms with Crippen molar-refractivity contribution in [1.82, 2.24) is 10.4 Å². The molecule has 0 radical (unpaired) electrons. The van der Waals surface area contributed by atoms with Crippen molar-refractivity contribution in [3.8, 4) is 0 Å². The number of aliphatic carboxylic acids is 1. The largest absolute Gasteiger partial charge is 0.480 e. The topological polar surface area (TPSA) is 78.9 Å². The Labute approximate surface area is 95.5 Å². The van der Waals surface area contributed by atoms with Crippen LogP contribution in [0.4, 0.5) is 4.79 Å². The number of hydrogen-bond donors (Lipinski definition) is 2. The zero-order valence-electron chi connectivity index (χ0n) is 10.4. The van der Waals surface area contributed by atoms with Gasteiger partial charge in [0.05, 0.1) is 0 Å². The molecule has 6 heteroatoms. The number of hydrogen-bond acceptors (Lipinski definition) is 4. The molecule has 0 saturated heterocycles. The Kier molecular flexibility index (Phi) is 5.23. The summed E-state index contributed by atoms with van der Waals surface area (Å²) in [5.74, 6) is -0.985. The average Bonchev–Trinajstić information content (AvgIpc) is 1.99. The smallest absolute Gasteiger partial charge is 0.422 e. The van der Waals surface area contributed by atoms with Gasteiger partial charge in [0.1, 0.15) is 11.6 Å². The summed E-state index contributed by atoms with van der Waals surface area (Å²) in [7, 11) is 1.49. The molecule has 0 aliphatic heterocycles. The van der Waals surface area contributed by atoms with Gasteiger partial charge in [-0.15, -0.1) is 0 Å². The van der Waals surface area contributed by atoms with E-state index < -0.39 is 23.7 Å². The van der Waals surface area contributed by atoms with Crippen molar-refractivity contribution in [2.75, 3.05) is 7.05 Å². The van der Waals surface area contributed by atoms with Crippen LogP contribution in [-0.2, 0) is 9.53 Å². The molecule has 0 spiro atoms. The van der Waals surface area contributed by atoms with E-state index in [0.29, 0.717) is 6.42 Å². The molecule has 0 heterocycles. The first-order chi connectivity index (χ1) is 7.17. The SMILES string of the molecule is CCC(C(=O)O)N(C)NC(=O)OC(C)(C)C. The summed E-state index contributed by atoms with van der Waals surface area (Å²) in [4.78, 5) is 22.1. The molecule has 1 amide bonds. The average molecular weight is 232 g/mol. The Balaban J connectivity index is 4.28. The van der Waals surface area contributed by atoms with Crippen LogP contribution in [0, 0.1) is 0 Å². The lowest BCUT2D eigenvalue weighted by atomic mass is 10.2. The minimum Gasteiger partial charge on any atom is -0.480 e. The third-order valence-electron chi connectivity index (χ3n) is 1.81. The standard InChI is InChI=1S/C10H20N2O4/c1-6-7(8(13)14)12(5)11-9(15)16-10(2,3)4/h7H,6H2,1-5H3,(H,11,15)(H,13,14). The Morgan fingerprint density at radius 3 is 2.25 bits per heavy atom. The number of rotatable bonds is 4. The normalized spacial score (nSPS) is 13.4. The molecule has 1 atom stereocenters. The lowest BCUT2D eigenvalue weighted by Crippen LogP contribution is -2.50. The van der Waals surface area contributed by atoms with Gasteiger partial charge in [-0.1, -0.05) is 6.92 Å². The van der Waals surface area contributed by atoms with E-state index in [1.807, 2.05) is 0 Å². The van der Waals surface area contributed by atoms with Gasteiger partial charge in [-0.25, -0.2) is 9.80 Å². The maximum Gasteiger partial charge on any atom is 0.422 e. The number of amides is 1. The molecule has 0 saturated carbocycles. The quantitative estimate of drug-likeness (QED) is 0.712. The number of carboxylic acids is 1. The molecular weight excluding hydrogens is 212 g/mol. The number of carbonyl (C=O) groups is 2. The molecule has 6 nitrogen and oxygen atoms in total. The van der Waals surface area contributed by atoms with Gasteiger partial charge in [0.25, 0.3) is 0 Å². The number of carboxylic acid groups (broad SMARTS) is 1. The van der Waals surface area contributed by atoms with Crippen molar-refractivity contribution in [3.63, 3.8) is 0 Å². The second kappa shape index (κ2) is 5.69. The van der Waals surface area contributed by atoms with Crippen LogP contribution >= 0.6 is 0 Å². The second-order valence-electron chi connectivity index (χ2n) is 4.49. The van der Waals surface area contributed by atoms with Crippen LogP contribution < -0.4 is 5.43 Å². The number of hydrazine groups is 1. The van der Waals surface area contributed by atoms with E-state index in [2.05, 4.69) is 5.43 Å². The molecule has 0 aliphatic carbocycles. The molecule has 0 bridgehead atoms. The van der Waals surface area contributed by atoms with Crippen LogP contribution in [0.5, 0.6) is 0 Å². The van der Waals surface area contributed by atoms with Crippen LogP contribution in [-0.4, -0.2) is 40.9 Å². The highest BCUT2D eigenvalue weighted by Crippen LogP contribution is 2.07. The summed E-state index contributed by atoms with van der Waals surface area (Å²) in [6, 6.07) is -0.757. The monoisotopic (exact) mass is 232 g/mol. The molecule has 0 aromatic heterocycles. The molecule has 0 aromatic rings. The van der Waals surface area contributed by atoms with E-state index in [4.69, 9.17) is 9.84 Å². The highest BCUT2D eigenvalue weighted by Gasteiger charge is 2.24. The third-order valence-corrected chi connectivity index (χ3v) is 1.81. The van der Waals surface area contributed by atoms with Crippen molar-refractivity contribution in [2.24, 2.45) is 0 Å². The lowest BCUT2D eigenvalue weighted by Gasteiger charge is -2.26. The predicted molar refractivity (Wildman–Crippen MR) is 58.8 cm³/mol. The first-order valence-electron chi connectivity index (χ1n) is 5.12. The van der Waals surface area contributed by atoms with Gasteiger partial charge in [0, 0.05) is 7.05 Å². The molecule has 0 fully saturated rings. The Hall–Kier alpha value is -1.30. The first kappa shape index (κ1) is 14.7. The minimum atomic E-state index is -0.985. The molecule has 16 heavy (non-hydrogen) atoms. The summed E-state index contributed by atoms with van der Waals surface area (Å²) in [6.07, 6.45) is -0.267. The van der Waals surface area contributed by atoms with Gasteiger partial charge in [-0.2, -0.15) is 0 Å². The predicted octanol–water partition coefficient (Wildman–Crippen LogP) is 1.22. The Morgan fingerprint density at radius 2 is 1.94 bits per heavy atom. The van der Waals surface area contributed by atoms with Crippen molar-refractivity contribution in [1.29, 1.82) is 0 Å². The van der Waals surface area contributed by atoms with E-state index >= 15 is 0 Å². The highest BCUT2D eigenvalue weighted by atomic mass is 16.6.